The summed E-state index contributed by atoms with van der Waals surface area (Å²) in [7, 11) is 1.87. The van der Waals surface area contributed by atoms with Gasteiger partial charge in [0, 0.05) is 24.4 Å². The van der Waals surface area contributed by atoms with Crippen LogP contribution in [0.1, 0.15) is 67.7 Å². The van der Waals surface area contributed by atoms with Gasteiger partial charge in [-0.05, 0) is 25.7 Å². The number of ether oxygens (including phenoxy) is 1. The molecule has 0 radical (unpaired) electrons. The Morgan fingerprint density at radius 2 is 1.81 bits per heavy atom. The van der Waals surface area contributed by atoms with Crippen molar-refractivity contribution in [3.05, 3.63) is 54.0 Å². The number of aryl methyl sites for hydroxylation is 1. The zero-order valence-corrected chi connectivity index (χ0v) is 17.6. The van der Waals surface area contributed by atoms with E-state index in [2.05, 4.69) is 31.7 Å². The van der Waals surface area contributed by atoms with Crippen LogP contribution in [0.5, 0.6) is 5.88 Å². The number of fused-ring (bicyclic) bond motifs is 1. The fraction of sp³-hybridized carbons (Fsp3) is 0.435. The van der Waals surface area contributed by atoms with E-state index < -0.39 is 0 Å². The first-order valence-electron chi connectivity index (χ1n) is 11.1. The van der Waals surface area contributed by atoms with Gasteiger partial charge in [-0.25, -0.2) is 4.98 Å². The molecule has 3 aromatic heterocycles. The Morgan fingerprint density at radius 3 is 2.52 bits per heavy atom. The van der Waals surface area contributed by atoms with Gasteiger partial charge in [0.1, 0.15) is 24.5 Å². The standard InChI is InChI=1S/C23H25N7O/c1-29-18(24-14-25-29)13-31-23-20(16-9-5-6-10-16)30-21(17-11-12-17)28-27-19(22(30)26-23)15-7-3-2-4-8-15/h2-4,7-8,14,16-17H,5-6,9-13H2,1H3. The lowest BCUT2D eigenvalue weighted by atomic mass is 10.0. The van der Waals surface area contributed by atoms with Gasteiger partial charge in [-0.15, -0.1) is 10.2 Å². The number of benzene rings is 1. The summed E-state index contributed by atoms with van der Waals surface area (Å²) in [6.07, 6.45) is 8.65. The molecule has 0 saturated heterocycles. The highest BCUT2D eigenvalue weighted by Crippen LogP contribution is 2.45. The summed E-state index contributed by atoms with van der Waals surface area (Å²) >= 11 is 0. The van der Waals surface area contributed by atoms with E-state index in [4.69, 9.17) is 14.8 Å². The maximum Gasteiger partial charge on any atom is 0.236 e. The SMILES string of the molecule is Cn1ncnc1COc1nc2c(-c3ccccc3)nnc(C3CC3)n2c1C1CCCC1. The molecule has 2 aliphatic rings. The second-order valence-corrected chi connectivity index (χ2v) is 8.58. The molecule has 3 heterocycles. The molecule has 4 aromatic rings. The number of nitrogens with zero attached hydrogens (tertiary/aromatic N) is 7. The summed E-state index contributed by atoms with van der Waals surface area (Å²) in [5.41, 5.74) is 3.82. The minimum absolute atomic E-state index is 0.334. The van der Waals surface area contributed by atoms with E-state index in [-0.39, 0.29) is 0 Å². The van der Waals surface area contributed by atoms with E-state index in [0.717, 1.165) is 59.9 Å². The van der Waals surface area contributed by atoms with Crippen molar-refractivity contribution in [2.24, 2.45) is 7.05 Å². The summed E-state index contributed by atoms with van der Waals surface area (Å²) < 4.78 is 10.3. The summed E-state index contributed by atoms with van der Waals surface area (Å²) in [6.45, 7) is 0.334. The van der Waals surface area contributed by atoms with E-state index in [0.29, 0.717) is 24.3 Å². The fourth-order valence-electron chi connectivity index (χ4n) is 4.63. The van der Waals surface area contributed by atoms with Crippen molar-refractivity contribution >= 4 is 5.65 Å². The molecule has 0 aliphatic heterocycles. The molecular formula is C23H25N7O. The van der Waals surface area contributed by atoms with Crippen LogP contribution in [0.25, 0.3) is 16.9 Å². The highest BCUT2D eigenvalue weighted by molar-refractivity contribution is 5.74. The van der Waals surface area contributed by atoms with Crippen molar-refractivity contribution in [1.29, 1.82) is 0 Å². The maximum absolute atomic E-state index is 6.29. The second-order valence-electron chi connectivity index (χ2n) is 8.58. The van der Waals surface area contributed by atoms with Crippen molar-refractivity contribution in [2.45, 2.75) is 57.0 Å². The van der Waals surface area contributed by atoms with Gasteiger partial charge in [-0.3, -0.25) is 9.08 Å². The Kier molecular flexibility index (Phi) is 4.44. The van der Waals surface area contributed by atoms with Crippen LogP contribution in [0.15, 0.2) is 36.7 Å². The molecule has 1 aromatic carbocycles. The maximum atomic E-state index is 6.29. The van der Waals surface area contributed by atoms with E-state index in [1.54, 1.807) is 11.0 Å². The highest BCUT2D eigenvalue weighted by atomic mass is 16.5. The van der Waals surface area contributed by atoms with Crippen molar-refractivity contribution in [2.75, 3.05) is 0 Å². The molecule has 0 amide bonds. The average Bonchev–Trinajstić information content (AvgIpc) is 3.17. The molecule has 8 heteroatoms. The lowest BCUT2D eigenvalue weighted by molar-refractivity contribution is 0.275. The molecule has 0 unspecified atom stereocenters. The molecular weight excluding hydrogens is 390 g/mol. The lowest BCUT2D eigenvalue weighted by Crippen LogP contribution is -2.10. The van der Waals surface area contributed by atoms with Crippen LogP contribution in [-0.4, -0.2) is 34.3 Å². The Bertz CT molecular complexity index is 1220. The summed E-state index contributed by atoms with van der Waals surface area (Å²) in [5.74, 6) is 3.37. The Hall–Kier alpha value is -3.29. The van der Waals surface area contributed by atoms with Gasteiger partial charge in [0.2, 0.25) is 5.88 Å². The number of rotatable bonds is 6. The van der Waals surface area contributed by atoms with Crippen LogP contribution >= 0.6 is 0 Å². The normalized spacial score (nSPS) is 16.9. The predicted octanol–water partition coefficient (Wildman–Crippen LogP) is 4.03. The van der Waals surface area contributed by atoms with Gasteiger partial charge in [0.05, 0.1) is 5.69 Å². The number of hydrogen-bond donors (Lipinski definition) is 0. The molecule has 2 saturated carbocycles. The van der Waals surface area contributed by atoms with Gasteiger partial charge in [-0.2, -0.15) is 10.1 Å². The third-order valence-corrected chi connectivity index (χ3v) is 6.45. The first-order chi connectivity index (χ1) is 15.3. The summed E-state index contributed by atoms with van der Waals surface area (Å²) in [5, 5.41) is 13.5. The topological polar surface area (TPSA) is 83.0 Å². The van der Waals surface area contributed by atoms with E-state index >= 15 is 0 Å². The Labute approximate surface area is 180 Å². The summed E-state index contributed by atoms with van der Waals surface area (Å²) in [6, 6.07) is 10.2. The first-order valence-corrected chi connectivity index (χ1v) is 11.1. The molecule has 31 heavy (non-hydrogen) atoms. The Balaban J connectivity index is 1.53. The zero-order valence-electron chi connectivity index (χ0n) is 17.6. The molecule has 6 rings (SSSR count). The average molecular weight is 416 g/mol. The molecule has 2 fully saturated rings. The van der Waals surface area contributed by atoms with E-state index in [9.17, 15) is 0 Å². The third kappa shape index (κ3) is 3.26. The molecule has 0 atom stereocenters. The quantitative estimate of drug-likeness (QED) is 0.473. The van der Waals surface area contributed by atoms with Crippen molar-refractivity contribution < 1.29 is 4.74 Å². The van der Waals surface area contributed by atoms with Crippen LogP contribution in [0.3, 0.4) is 0 Å². The summed E-state index contributed by atoms with van der Waals surface area (Å²) in [4.78, 5) is 9.31. The minimum Gasteiger partial charge on any atom is -0.468 e. The largest absolute Gasteiger partial charge is 0.468 e. The van der Waals surface area contributed by atoms with Crippen LogP contribution < -0.4 is 4.74 Å². The molecule has 158 valence electrons. The second kappa shape index (κ2) is 7.44. The zero-order chi connectivity index (χ0) is 20.8. The molecule has 0 spiro atoms. The molecule has 0 N–H and O–H groups in total. The van der Waals surface area contributed by atoms with Crippen LogP contribution in [0.2, 0.25) is 0 Å². The van der Waals surface area contributed by atoms with E-state index in [1.807, 2.05) is 25.2 Å². The van der Waals surface area contributed by atoms with Crippen molar-refractivity contribution in [3.63, 3.8) is 0 Å². The lowest BCUT2D eigenvalue weighted by Gasteiger charge is -2.14. The third-order valence-electron chi connectivity index (χ3n) is 6.45. The van der Waals surface area contributed by atoms with Gasteiger partial charge in [-0.1, -0.05) is 43.2 Å². The fourth-order valence-corrected chi connectivity index (χ4v) is 4.63. The number of hydrogen-bond acceptors (Lipinski definition) is 6. The molecule has 2 aliphatic carbocycles. The smallest absolute Gasteiger partial charge is 0.236 e. The first kappa shape index (κ1) is 18.5. The van der Waals surface area contributed by atoms with Crippen molar-refractivity contribution in [3.8, 4) is 17.1 Å². The van der Waals surface area contributed by atoms with Gasteiger partial charge in [0.15, 0.2) is 11.5 Å². The van der Waals surface area contributed by atoms with Gasteiger partial charge < -0.3 is 4.74 Å². The number of imidazole rings is 1. The van der Waals surface area contributed by atoms with E-state index in [1.165, 1.54) is 12.8 Å². The van der Waals surface area contributed by atoms with Crippen LogP contribution in [0, 0.1) is 0 Å². The molecule has 0 bridgehead atoms. The van der Waals surface area contributed by atoms with Gasteiger partial charge in [0.25, 0.3) is 0 Å². The van der Waals surface area contributed by atoms with Crippen molar-refractivity contribution in [1.82, 2.24) is 34.3 Å². The predicted molar refractivity (Wildman–Crippen MR) is 115 cm³/mol. The van der Waals surface area contributed by atoms with Crippen LogP contribution in [0.4, 0.5) is 0 Å². The van der Waals surface area contributed by atoms with Crippen LogP contribution in [-0.2, 0) is 13.7 Å². The number of aromatic nitrogens is 7. The van der Waals surface area contributed by atoms with Gasteiger partial charge >= 0.3 is 0 Å². The molecule has 8 nitrogen and oxygen atoms in total. The minimum atomic E-state index is 0.334. The Morgan fingerprint density at radius 1 is 1.00 bits per heavy atom. The monoisotopic (exact) mass is 415 g/mol. The highest BCUT2D eigenvalue weighted by Gasteiger charge is 2.34.